The van der Waals surface area contributed by atoms with Gasteiger partial charge in [0.25, 0.3) is 0 Å². The molecule has 0 aliphatic heterocycles. The second-order valence-electron chi connectivity index (χ2n) is 5.73. The van der Waals surface area contributed by atoms with Gasteiger partial charge in [-0.1, -0.05) is 77.6 Å². The number of rotatable bonds is 14. The fourth-order valence-corrected chi connectivity index (χ4v) is 2.24. The summed E-state index contributed by atoms with van der Waals surface area (Å²) in [5.74, 6) is -0.506. The molecule has 0 rings (SSSR count). The van der Waals surface area contributed by atoms with Crippen molar-refractivity contribution in [3.8, 4) is 0 Å². The Hall–Kier alpha value is -0.280. The maximum atomic E-state index is 11.0. The van der Waals surface area contributed by atoms with Crippen molar-refractivity contribution in [1.82, 2.24) is 0 Å². The molecule has 0 fully saturated rings. The van der Waals surface area contributed by atoms with E-state index in [1.54, 1.807) is 0 Å². The molecule has 0 saturated heterocycles. The number of unbranched alkanes of at least 4 members (excludes halogenated alkanes) is 11. The minimum Gasteiger partial charge on any atom is -0.464 e. The fourth-order valence-electron chi connectivity index (χ4n) is 2.24. The fraction of sp³-hybridized carbons (Fsp3) is 0.941. The summed E-state index contributed by atoms with van der Waals surface area (Å²) < 4.78 is 4.91. The molecule has 0 amide bonds. The summed E-state index contributed by atoms with van der Waals surface area (Å²) in [6.07, 6.45) is 14.6. The Balaban J connectivity index is 0. The third-order valence-electron chi connectivity index (χ3n) is 3.58. The second kappa shape index (κ2) is 17.8. The molecule has 0 saturated carbocycles. The minimum absolute atomic E-state index is 0. The number of aliphatic hydroxyl groups excluding tert-OH is 1. The highest BCUT2D eigenvalue weighted by molar-refractivity contribution is 5.85. The molecule has 0 bridgehead atoms. The third-order valence-corrected chi connectivity index (χ3v) is 3.58. The molecule has 0 spiro atoms. The van der Waals surface area contributed by atoms with E-state index in [1.807, 2.05) is 0 Å². The summed E-state index contributed by atoms with van der Waals surface area (Å²) in [4.78, 5) is 11.0. The van der Waals surface area contributed by atoms with E-state index in [2.05, 4.69) is 6.92 Å². The van der Waals surface area contributed by atoms with Crippen LogP contribution in [0.25, 0.3) is 0 Å². The van der Waals surface area contributed by atoms with Crippen molar-refractivity contribution >= 4 is 18.4 Å². The predicted octanol–water partition coefficient (Wildman–Crippen LogP) is 5.03. The van der Waals surface area contributed by atoms with Crippen molar-refractivity contribution in [2.75, 3.05) is 6.61 Å². The largest absolute Gasteiger partial charge is 0.464 e. The van der Waals surface area contributed by atoms with Crippen LogP contribution < -0.4 is 0 Å². The number of ether oxygens (including phenoxy) is 1. The van der Waals surface area contributed by atoms with Gasteiger partial charge in [-0.15, -0.1) is 12.4 Å². The van der Waals surface area contributed by atoms with Crippen LogP contribution in [0, 0.1) is 0 Å². The average molecular weight is 323 g/mol. The van der Waals surface area contributed by atoms with Crippen molar-refractivity contribution in [3.63, 3.8) is 0 Å². The maximum absolute atomic E-state index is 11.0. The van der Waals surface area contributed by atoms with Crippen molar-refractivity contribution in [2.45, 2.75) is 97.0 Å². The topological polar surface area (TPSA) is 46.5 Å². The van der Waals surface area contributed by atoms with Crippen molar-refractivity contribution in [2.24, 2.45) is 0 Å². The lowest BCUT2D eigenvalue weighted by atomic mass is 10.1. The Kier molecular flexibility index (Phi) is 19.5. The molecule has 0 aliphatic carbocycles. The Bertz CT molecular complexity index is 220. The van der Waals surface area contributed by atoms with E-state index < -0.39 is 12.1 Å². The standard InChI is InChI=1S/C17H34O3.ClH/c1-3-4-5-6-7-8-9-10-11-12-13-14-15-20-17(19)16(2)18;/h16,18H,3-15H2,1-2H3;1H. The van der Waals surface area contributed by atoms with Gasteiger partial charge in [-0.25, -0.2) is 4.79 Å². The first-order chi connectivity index (χ1) is 9.68. The van der Waals surface area contributed by atoms with Crippen LogP contribution in [0.15, 0.2) is 0 Å². The SMILES string of the molecule is CCCCCCCCCCCCCCOC(=O)C(C)O.Cl. The quantitative estimate of drug-likeness (QED) is 0.360. The number of aliphatic hydroxyl groups is 1. The first-order valence-corrected chi connectivity index (χ1v) is 8.53. The van der Waals surface area contributed by atoms with Gasteiger partial charge in [0.2, 0.25) is 0 Å². The van der Waals surface area contributed by atoms with Crippen LogP contribution in [0.1, 0.15) is 90.9 Å². The number of carbonyl (C=O) groups is 1. The predicted molar refractivity (Wildman–Crippen MR) is 91.0 cm³/mol. The van der Waals surface area contributed by atoms with Crippen molar-refractivity contribution in [3.05, 3.63) is 0 Å². The molecule has 1 N–H and O–H groups in total. The van der Waals surface area contributed by atoms with Gasteiger partial charge in [0.15, 0.2) is 0 Å². The van der Waals surface area contributed by atoms with Gasteiger partial charge in [0.1, 0.15) is 6.10 Å². The highest BCUT2D eigenvalue weighted by atomic mass is 35.5. The first-order valence-electron chi connectivity index (χ1n) is 8.53. The van der Waals surface area contributed by atoms with Gasteiger partial charge in [-0.3, -0.25) is 0 Å². The summed E-state index contributed by atoms with van der Waals surface area (Å²) >= 11 is 0. The molecule has 0 aromatic heterocycles. The van der Waals surface area contributed by atoms with E-state index >= 15 is 0 Å². The molecule has 1 atom stereocenters. The molecule has 0 aliphatic rings. The van der Waals surface area contributed by atoms with Crippen LogP contribution >= 0.6 is 12.4 Å². The first kappa shape index (κ1) is 23.0. The molecule has 0 aromatic carbocycles. The van der Waals surface area contributed by atoms with E-state index in [-0.39, 0.29) is 12.4 Å². The van der Waals surface area contributed by atoms with Crippen LogP contribution in [0.3, 0.4) is 0 Å². The van der Waals surface area contributed by atoms with Crippen LogP contribution in [0.2, 0.25) is 0 Å². The van der Waals surface area contributed by atoms with Gasteiger partial charge in [-0.2, -0.15) is 0 Å². The Morgan fingerprint density at radius 3 is 1.62 bits per heavy atom. The van der Waals surface area contributed by atoms with Crippen LogP contribution in [-0.2, 0) is 9.53 Å². The molecule has 0 aromatic rings. The zero-order valence-corrected chi connectivity index (χ0v) is 14.8. The summed E-state index contributed by atoms with van der Waals surface area (Å²) in [6, 6.07) is 0. The minimum atomic E-state index is -0.993. The molecule has 0 heterocycles. The van der Waals surface area contributed by atoms with E-state index in [0.29, 0.717) is 6.61 Å². The van der Waals surface area contributed by atoms with Crippen LogP contribution in [-0.4, -0.2) is 23.8 Å². The number of hydrogen-bond acceptors (Lipinski definition) is 3. The molecular formula is C17H35ClO3. The summed E-state index contributed by atoms with van der Waals surface area (Å²) in [7, 11) is 0. The lowest BCUT2D eigenvalue weighted by molar-refractivity contribution is -0.152. The van der Waals surface area contributed by atoms with Crippen molar-refractivity contribution in [1.29, 1.82) is 0 Å². The van der Waals surface area contributed by atoms with Gasteiger partial charge in [0, 0.05) is 0 Å². The smallest absolute Gasteiger partial charge is 0.334 e. The zero-order valence-electron chi connectivity index (χ0n) is 13.9. The monoisotopic (exact) mass is 322 g/mol. The number of carbonyl (C=O) groups excluding carboxylic acids is 1. The molecule has 4 heteroatoms. The molecule has 21 heavy (non-hydrogen) atoms. The summed E-state index contributed by atoms with van der Waals surface area (Å²) in [5, 5.41) is 8.94. The van der Waals surface area contributed by atoms with Gasteiger partial charge >= 0.3 is 5.97 Å². The third kappa shape index (κ3) is 17.7. The normalized spacial score (nSPS) is 11.8. The molecule has 1 unspecified atom stereocenters. The summed E-state index contributed by atoms with van der Waals surface area (Å²) in [6.45, 7) is 4.14. The van der Waals surface area contributed by atoms with Gasteiger partial charge in [0.05, 0.1) is 6.61 Å². The van der Waals surface area contributed by atoms with E-state index in [4.69, 9.17) is 9.84 Å². The Morgan fingerprint density at radius 1 is 0.857 bits per heavy atom. The van der Waals surface area contributed by atoms with E-state index in [0.717, 1.165) is 12.8 Å². The summed E-state index contributed by atoms with van der Waals surface area (Å²) in [5.41, 5.74) is 0. The zero-order chi connectivity index (χ0) is 15.1. The van der Waals surface area contributed by atoms with Gasteiger partial charge < -0.3 is 9.84 Å². The Labute approximate surface area is 137 Å². The van der Waals surface area contributed by atoms with Gasteiger partial charge in [-0.05, 0) is 13.3 Å². The molecule has 0 radical (unpaired) electrons. The van der Waals surface area contributed by atoms with Crippen molar-refractivity contribution < 1.29 is 14.6 Å². The number of esters is 1. The lowest BCUT2D eigenvalue weighted by Crippen LogP contribution is -2.19. The number of halogens is 1. The molecular weight excluding hydrogens is 288 g/mol. The second-order valence-corrected chi connectivity index (χ2v) is 5.73. The van der Waals surface area contributed by atoms with E-state index in [9.17, 15) is 4.79 Å². The highest BCUT2D eigenvalue weighted by Crippen LogP contribution is 2.11. The van der Waals surface area contributed by atoms with Crippen LogP contribution in [0.4, 0.5) is 0 Å². The maximum Gasteiger partial charge on any atom is 0.334 e. The lowest BCUT2D eigenvalue weighted by Gasteiger charge is -2.06. The Morgan fingerprint density at radius 2 is 1.24 bits per heavy atom. The van der Waals surface area contributed by atoms with Crippen LogP contribution in [0.5, 0.6) is 0 Å². The molecule has 3 nitrogen and oxygen atoms in total. The highest BCUT2D eigenvalue weighted by Gasteiger charge is 2.08. The average Bonchev–Trinajstić information content (AvgIpc) is 2.43. The molecule has 128 valence electrons. The number of hydrogen-bond donors (Lipinski definition) is 1. The van der Waals surface area contributed by atoms with E-state index in [1.165, 1.54) is 71.1 Å².